The van der Waals surface area contributed by atoms with E-state index >= 15 is 0 Å². The molecule has 2 aliphatic heterocycles. The van der Waals surface area contributed by atoms with Gasteiger partial charge in [0.1, 0.15) is 11.5 Å². The van der Waals surface area contributed by atoms with Gasteiger partial charge in [0.05, 0.1) is 30.8 Å². The summed E-state index contributed by atoms with van der Waals surface area (Å²) in [5, 5.41) is 3.24. The Bertz CT molecular complexity index is 801. The van der Waals surface area contributed by atoms with Crippen molar-refractivity contribution in [2.24, 2.45) is 5.92 Å². The molecule has 1 aromatic rings. The maximum absolute atomic E-state index is 12.5. The number of likely N-dealkylation sites (tertiary alicyclic amines) is 1. The SMILES string of the molecule is COc1cc(OC)c(N2C[C@@H](C(=O)NCCCN3CCCC3=O)CC2=O)cc1Cl. The lowest BCUT2D eigenvalue weighted by Gasteiger charge is -2.21. The van der Waals surface area contributed by atoms with E-state index in [0.29, 0.717) is 48.1 Å². The molecule has 2 saturated heterocycles. The number of hydrogen-bond donors (Lipinski definition) is 1. The molecule has 1 aromatic carbocycles. The highest BCUT2D eigenvalue weighted by Crippen LogP contribution is 2.40. The molecule has 0 radical (unpaired) electrons. The molecule has 2 aliphatic rings. The first-order chi connectivity index (χ1) is 13.9. The fourth-order valence-electron chi connectivity index (χ4n) is 3.74. The van der Waals surface area contributed by atoms with Crippen LogP contribution in [0.3, 0.4) is 0 Å². The fourth-order valence-corrected chi connectivity index (χ4v) is 3.97. The molecule has 2 heterocycles. The van der Waals surface area contributed by atoms with Crippen LogP contribution >= 0.6 is 11.6 Å². The zero-order valence-electron chi connectivity index (χ0n) is 16.7. The van der Waals surface area contributed by atoms with Crippen molar-refractivity contribution in [3.63, 3.8) is 0 Å². The van der Waals surface area contributed by atoms with Crippen LogP contribution in [0.5, 0.6) is 11.5 Å². The third-order valence-electron chi connectivity index (χ3n) is 5.32. The zero-order chi connectivity index (χ0) is 21.0. The van der Waals surface area contributed by atoms with Crippen LogP contribution in [0.4, 0.5) is 5.69 Å². The summed E-state index contributed by atoms with van der Waals surface area (Å²) in [5.41, 5.74) is 0.520. The number of rotatable bonds is 8. The van der Waals surface area contributed by atoms with Crippen LogP contribution in [0.2, 0.25) is 5.02 Å². The molecule has 1 N–H and O–H groups in total. The Kier molecular flexibility index (Phi) is 6.84. The third kappa shape index (κ3) is 4.75. The van der Waals surface area contributed by atoms with Gasteiger partial charge >= 0.3 is 0 Å². The van der Waals surface area contributed by atoms with Gasteiger partial charge in [-0.15, -0.1) is 0 Å². The summed E-state index contributed by atoms with van der Waals surface area (Å²) in [6.45, 7) is 2.18. The predicted molar refractivity (Wildman–Crippen MR) is 108 cm³/mol. The van der Waals surface area contributed by atoms with Gasteiger partial charge < -0.3 is 24.6 Å². The van der Waals surface area contributed by atoms with E-state index < -0.39 is 5.92 Å². The molecule has 29 heavy (non-hydrogen) atoms. The van der Waals surface area contributed by atoms with Gasteiger partial charge in [0.2, 0.25) is 17.7 Å². The Morgan fingerprint density at radius 3 is 2.62 bits per heavy atom. The van der Waals surface area contributed by atoms with E-state index in [-0.39, 0.29) is 30.7 Å². The van der Waals surface area contributed by atoms with Crippen LogP contribution < -0.4 is 19.7 Å². The zero-order valence-corrected chi connectivity index (χ0v) is 17.5. The molecule has 8 nitrogen and oxygen atoms in total. The molecule has 3 rings (SSSR count). The summed E-state index contributed by atoms with van der Waals surface area (Å²) in [7, 11) is 3.00. The smallest absolute Gasteiger partial charge is 0.227 e. The van der Waals surface area contributed by atoms with E-state index in [1.807, 2.05) is 4.90 Å². The van der Waals surface area contributed by atoms with Crippen molar-refractivity contribution >= 4 is 35.0 Å². The van der Waals surface area contributed by atoms with Crippen molar-refractivity contribution in [1.29, 1.82) is 0 Å². The summed E-state index contributed by atoms with van der Waals surface area (Å²) in [6.07, 6.45) is 2.35. The van der Waals surface area contributed by atoms with Crippen LogP contribution in [-0.2, 0) is 14.4 Å². The van der Waals surface area contributed by atoms with Crippen molar-refractivity contribution in [2.45, 2.75) is 25.7 Å². The number of anilines is 1. The number of ether oxygens (including phenoxy) is 2. The highest BCUT2D eigenvalue weighted by atomic mass is 35.5. The molecular formula is C20H26ClN3O5. The van der Waals surface area contributed by atoms with Gasteiger partial charge in [-0.2, -0.15) is 0 Å². The number of halogens is 1. The standard InChI is InChI=1S/C20H26ClN3O5/c1-28-16-11-17(29-2)15(10-14(16)21)24-12-13(9-19(24)26)20(27)22-6-4-8-23-7-3-5-18(23)25/h10-11,13H,3-9,12H2,1-2H3,(H,22,27)/t13-/m0/s1. The number of nitrogens with one attached hydrogen (secondary N) is 1. The molecular weight excluding hydrogens is 398 g/mol. The van der Waals surface area contributed by atoms with Gasteiger partial charge in [-0.3, -0.25) is 14.4 Å². The minimum absolute atomic E-state index is 0.128. The molecule has 9 heteroatoms. The number of nitrogens with zero attached hydrogens (tertiary/aromatic N) is 2. The highest BCUT2D eigenvalue weighted by molar-refractivity contribution is 6.32. The number of benzene rings is 1. The Morgan fingerprint density at radius 1 is 1.21 bits per heavy atom. The third-order valence-corrected chi connectivity index (χ3v) is 5.61. The van der Waals surface area contributed by atoms with Gasteiger partial charge in [0.25, 0.3) is 0 Å². The van der Waals surface area contributed by atoms with Crippen molar-refractivity contribution in [3.8, 4) is 11.5 Å². The Labute approximate surface area is 175 Å². The lowest BCUT2D eigenvalue weighted by molar-refractivity contribution is -0.127. The minimum atomic E-state index is -0.443. The number of amides is 3. The number of methoxy groups -OCH3 is 2. The maximum Gasteiger partial charge on any atom is 0.227 e. The molecule has 0 bridgehead atoms. The molecule has 0 unspecified atom stereocenters. The lowest BCUT2D eigenvalue weighted by Crippen LogP contribution is -2.35. The number of carbonyl (C=O) groups excluding carboxylic acids is 3. The summed E-state index contributed by atoms with van der Waals surface area (Å²) in [4.78, 5) is 40.0. The van der Waals surface area contributed by atoms with Crippen molar-refractivity contribution in [1.82, 2.24) is 10.2 Å². The van der Waals surface area contributed by atoms with Crippen LogP contribution in [0.15, 0.2) is 12.1 Å². The van der Waals surface area contributed by atoms with E-state index in [9.17, 15) is 14.4 Å². The molecule has 0 aliphatic carbocycles. The van der Waals surface area contributed by atoms with E-state index in [0.717, 1.165) is 13.0 Å². The van der Waals surface area contributed by atoms with Crippen molar-refractivity contribution in [2.75, 3.05) is 45.3 Å². The molecule has 0 aromatic heterocycles. The van der Waals surface area contributed by atoms with Crippen molar-refractivity contribution < 1.29 is 23.9 Å². The Hall–Kier alpha value is -2.48. The van der Waals surface area contributed by atoms with Gasteiger partial charge in [-0.1, -0.05) is 11.6 Å². The minimum Gasteiger partial charge on any atom is -0.495 e. The summed E-state index contributed by atoms with van der Waals surface area (Å²) in [6, 6.07) is 3.24. The molecule has 2 fully saturated rings. The van der Waals surface area contributed by atoms with Crippen LogP contribution in [0, 0.1) is 5.92 Å². The second-order valence-corrected chi connectivity index (χ2v) is 7.60. The average Bonchev–Trinajstić information content (AvgIpc) is 3.30. The van der Waals surface area contributed by atoms with E-state index in [1.54, 1.807) is 12.1 Å². The maximum atomic E-state index is 12.5. The Morgan fingerprint density at radius 2 is 1.97 bits per heavy atom. The first-order valence-corrected chi connectivity index (χ1v) is 10.1. The second-order valence-electron chi connectivity index (χ2n) is 7.19. The molecule has 3 amide bonds. The van der Waals surface area contributed by atoms with Crippen LogP contribution in [-0.4, -0.2) is 63.0 Å². The van der Waals surface area contributed by atoms with Crippen LogP contribution in [0.25, 0.3) is 0 Å². The number of hydrogen-bond acceptors (Lipinski definition) is 5. The van der Waals surface area contributed by atoms with E-state index in [2.05, 4.69) is 5.32 Å². The first kappa shape index (κ1) is 21.2. The van der Waals surface area contributed by atoms with Crippen LogP contribution in [0.1, 0.15) is 25.7 Å². The summed E-state index contributed by atoms with van der Waals surface area (Å²) < 4.78 is 10.6. The van der Waals surface area contributed by atoms with Gasteiger partial charge in [0.15, 0.2) is 0 Å². The topological polar surface area (TPSA) is 88.2 Å². The first-order valence-electron chi connectivity index (χ1n) is 9.72. The molecule has 0 spiro atoms. The summed E-state index contributed by atoms with van der Waals surface area (Å²) >= 11 is 6.21. The molecule has 0 saturated carbocycles. The fraction of sp³-hybridized carbons (Fsp3) is 0.550. The molecule has 158 valence electrons. The largest absolute Gasteiger partial charge is 0.495 e. The second kappa shape index (κ2) is 9.35. The normalized spacial score (nSPS) is 19.1. The van der Waals surface area contributed by atoms with Gasteiger partial charge in [-0.25, -0.2) is 0 Å². The summed E-state index contributed by atoms with van der Waals surface area (Å²) in [5.74, 6) is 0.321. The van der Waals surface area contributed by atoms with E-state index in [4.69, 9.17) is 21.1 Å². The quantitative estimate of drug-likeness (QED) is 0.644. The van der Waals surface area contributed by atoms with Gasteiger partial charge in [-0.05, 0) is 18.9 Å². The molecule has 1 atom stereocenters. The average molecular weight is 424 g/mol. The predicted octanol–water partition coefficient (Wildman–Crippen LogP) is 1.84. The van der Waals surface area contributed by atoms with E-state index in [1.165, 1.54) is 19.1 Å². The highest BCUT2D eigenvalue weighted by Gasteiger charge is 2.36. The number of carbonyl (C=O) groups is 3. The Balaban J connectivity index is 1.56. The van der Waals surface area contributed by atoms with Gasteiger partial charge in [0, 0.05) is 45.1 Å². The van der Waals surface area contributed by atoms with Crippen molar-refractivity contribution in [3.05, 3.63) is 17.2 Å². The lowest BCUT2D eigenvalue weighted by atomic mass is 10.1. The monoisotopic (exact) mass is 423 g/mol.